The number of nitrogens with one attached hydrogen (secondary N) is 1. The van der Waals surface area contributed by atoms with Gasteiger partial charge in [0.1, 0.15) is 5.82 Å². The minimum Gasteiger partial charge on any atom is -0.319 e. The molecule has 2 aromatic carbocycles. The SMILES string of the molecule is Cc1cccc(NC(=O)c2ccccc2Cl)c1F. The second-order valence-corrected chi connectivity index (χ2v) is 4.28. The van der Waals surface area contributed by atoms with Crippen LogP contribution in [0.5, 0.6) is 0 Å². The molecule has 2 rings (SSSR count). The zero-order chi connectivity index (χ0) is 13.1. The van der Waals surface area contributed by atoms with Gasteiger partial charge >= 0.3 is 0 Å². The summed E-state index contributed by atoms with van der Waals surface area (Å²) >= 11 is 5.90. The van der Waals surface area contributed by atoms with Crippen molar-refractivity contribution in [3.05, 3.63) is 64.4 Å². The summed E-state index contributed by atoms with van der Waals surface area (Å²) in [6, 6.07) is 11.5. The highest BCUT2D eigenvalue weighted by Crippen LogP contribution is 2.20. The van der Waals surface area contributed by atoms with Crippen molar-refractivity contribution in [2.45, 2.75) is 6.92 Å². The molecule has 0 unspecified atom stereocenters. The maximum absolute atomic E-state index is 13.7. The monoisotopic (exact) mass is 263 g/mol. The summed E-state index contributed by atoms with van der Waals surface area (Å²) in [5.41, 5.74) is 0.951. The molecule has 0 aliphatic rings. The summed E-state index contributed by atoms with van der Waals surface area (Å²) in [5.74, 6) is -0.858. The van der Waals surface area contributed by atoms with E-state index in [0.29, 0.717) is 16.1 Å². The normalized spacial score (nSPS) is 10.2. The highest BCUT2D eigenvalue weighted by atomic mass is 35.5. The second kappa shape index (κ2) is 5.19. The van der Waals surface area contributed by atoms with Gasteiger partial charge in [0.05, 0.1) is 16.3 Å². The molecule has 0 heterocycles. The van der Waals surface area contributed by atoms with E-state index in [-0.39, 0.29) is 5.69 Å². The number of amides is 1. The topological polar surface area (TPSA) is 29.1 Å². The van der Waals surface area contributed by atoms with E-state index in [4.69, 9.17) is 11.6 Å². The summed E-state index contributed by atoms with van der Waals surface area (Å²) in [7, 11) is 0. The predicted octanol–water partition coefficient (Wildman–Crippen LogP) is 4.04. The lowest BCUT2D eigenvalue weighted by Gasteiger charge is -2.08. The van der Waals surface area contributed by atoms with Crippen molar-refractivity contribution in [2.75, 3.05) is 5.32 Å². The van der Waals surface area contributed by atoms with E-state index in [2.05, 4.69) is 5.32 Å². The highest BCUT2D eigenvalue weighted by molar-refractivity contribution is 6.34. The van der Waals surface area contributed by atoms with Gasteiger partial charge in [0.2, 0.25) is 0 Å². The predicted molar refractivity (Wildman–Crippen MR) is 70.5 cm³/mol. The van der Waals surface area contributed by atoms with Crippen LogP contribution < -0.4 is 5.32 Å². The van der Waals surface area contributed by atoms with Crippen molar-refractivity contribution in [3.63, 3.8) is 0 Å². The standard InChI is InChI=1S/C14H11ClFNO/c1-9-5-4-8-12(13(9)16)17-14(18)10-6-2-3-7-11(10)15/h2-8H,1H3,(H,17,18). The minimum atomic E-state index is -0.432. The lowest BCUT2D eigenvalue weighted by Crippen LogP contribution is -2.13. The Morgan fingerprint density at radius 1 is 1.17 bits per heavy atom. The van der Waals surface area contributed by atoms with Gasteiger partial charge in [0, 0.05) is 0 Å². The molecule has 0 aliphatic carbocycles. The fourth-order valence-electron chi connectivity index (χ4n) is 1.58. The molecule has 92 valence electrons. The number of carbonyl (C=O) groups is 1. The van der Waals surface area contributed by atoms with Crippen LogP contribution in [0, 0.1) is 12.7 Å². The largest absolute Gasteiger partial charge is 0.319 e. The Hall–Kier alpha value is -1.87. The number of anilines is 1. The molecule has 0 aromatic heterocycles. The summed E-state index contributed by atoms with van der Waals surface area (Å²) in [5, 5.41) is 2.85. The maximum atomic E-state index is 13.7. The third-order valence-electron chi connectivity index (χ3n) is 2.56. The Morgan fingerprint density at radius 2 is 1.89 bits per heavy atom. The van der Waals surface area contributed by atoms with Crippen LogP contribution in [0.1, 0.15) is 15.9 Å². The maximum Gasteiger partial charge on any atom is 0.257 e. The Morgan fingerprint density at radius 3 is 2.61 bits per heavy atom. The zero-order valence-corrected chi connectivity index (χ0v) is 10.5. The molecule has 0 bridgehead atoms. The summed E-state index contributed by atoms with van der Waals surface area (Å²) in [6.45, 7) is 1.64. The molecule has 1 amide bonds. The van der Waals surface area contributed by atoms with E-state index in [9.17, 15) is 9.18 Å². The summed E-state index contributed by atoms with van der Waals surface area (Å²) < 4.78 is 13.7. The number of hydrogen-bond acceptors (Lipinski definition) is 1. The number of aryl methyl sites for hydroxylation is 1. The van der Waals surface area contributed by atoms with Gasteiger partial charge in [0.25, 0.3) is 5.91 Å². The first-order valence-corrected chi connectivity index (χ1v) is 5.78. The Bertz CT molecular complexity index is 598. The smallest absolute Gasteiger partial charge is 0.257 e. The fourth-order valence-corrected chi connectivity index (χ4v) is 1.80. The molecule has 4 heteroatoms. The fraction of sp³-hybridized carbons (Fsp3) is 0.0714. The number of halogens is 2. The minimum absolute atomic E-state index is 0.153. The molecule has 0 saturated heterocycles. The van der Waals surface area contributed by atoms with Crippen molar-refractivity contribution >= 4 is 23.2 Å². The van der Waals surface area contributed by atoms with Gasteiger partial charge in [-0.05, 0) is 30.7 Å². The van der Waals surface area contributed by atoms with E-state index in [1.807, 2.05) is 0 Å². The molecule has 2 nitrogen and oxygen atoms in total. The Labute approximate surface area is 109 Å². The molecule has 18 heavy (non-hydrogen) atoms. The molecule has 1 N–H and O–H groups in total. The quantitative estimate of drug-likeness (QED) is 0.870. The number of benzene rings is 2. The first-order valence-electron chi connectivity index (χ1n) is 5.40. The lowest BCUT2D eigenvalue weighted by molar-refractivity contribution is 0.102. The molecular formula is C14H11ClFNO. The van der Waals surface area contributed by atoms with Crippen LogP contribution in [-0.4, -0.2) is 5.91 Å². The van der Waals surface area contributed by atoms with Crippen LogP contribution in [0.3, 0.4) is 0 Å². The van der Waals surface area contributed by atoms with Gasteiger partial charge in [-0.3, -0.25) is 4.79 Å². The van der Waals surface area contributed by atoms with Crippen LogP contribution in [0.25, 0.3) is 0 Å². The third-order valence-corrected chi connectivity index (χ3v) is 2.89. The average Bonchev–Trinajstić information content (AvgIpc) is 2.35. The van der Waals surface area contributed by atoms with E-state index in [1.54, 1.807) is 43.3 Å². The van der Waals surface area contributed by atoms with Crippen LogP contribution in [0.4, 0.5) is 10.1 Å². The molecule has 0 atom stereocenters. The summed E-state index contributed by atoms with van der Waals surface area (Å²) in [4.78, 5) is 11.9. The number of rotatable bonds is 2. The second-order valence-electron chi connectivity index (χ2n) is 3.87. The average molecular weight is 264 g/mol. The van der Waals surface area contributed by atoms with Gasteiger partial charge in [-0.1, -0.05) is 35.9 Å². The lowest BCUT2D eigenvalue weighted by atomic mass is 10.1. The third kappa shape index (κ3) is 2.51. The van der Waals surface area contributed by atoms with E-state index in [1.165, 1.54) is 6.07 Å². The molecule has 0 saturated carbocycles. The van der Waals surface area contributed by atoms with Crippen LogP contribution in [-0.2, 0) is 0 Å². The number of hydrogen-bond donors (Lipinski definition) is 1. The highest BCUT2D eigenvalue weighted by Gasteiger charge is 2.12. The van der Waals surface area contributed by atoms with Gasteiger partial charge in [0.15, 0.2) is 0 Å². The van der Waals surface area contributed by atoms with Gasteiger partial charge in [-0.25, -0.2) is 4.39 Å². The van der Waals surface area contributed by atoms with Gasteiger partial charge < -0.3 is 5.32 Å². The van der Waals surface area contributed by atoms with E-state index < -0.39 is 11.7 Å². The van der Waals surface area contributed by atoms with Crippen LogP contribution in [0.15, 0.2) is 42.5 Å². The molecule has 0 radical (unpaired) electrons. The number of carbonyl (C=O) groups excluding carboxylic acids is 1. The van der Waals surface area contributed by atoms with Gasteiger partial charge in [-0.15, -0.1) is 0 Å². The van der Waals surface area contributed by atoms with Crippen molar-refractivity contribution in [1.82, 2.24) is 0 Å². The van der Waals surface area contributed by atoms with Crippen molar-refractivity contribution in [1.29, 1.82) is 0 Å². The summed E-state index contributed by atoms with van der Waals surface area (Å²) in [6.07, 6.45) is 0. The van der Waals surface area contributed by atoms with Crippen molar-refractivity contribution in [3.8, 4) is 0 Å². The van der Waals surface area contributed by atoms with Crippen LogP contribution >= 0.6 is 11.6 Å². The van der Waals surface area contributed by atoms with E-state index in [0.717, 1.165) is 0 Å². The Kier molecular flexibility index (Phi) is 3.63. The molecule has 0 fully saturated rings. The van der Waals surface area contributed by atoms with Crippen molar-refractivity contribution in [2.24, 2.45) is 0 Å². The first-order chi connectivity index (χ1) is 8.59. The molecule has 2 aromatic rings. The zero-order valence-electron chi connectivity index (χ0n) is 9.71. The van der Waals surface area contributed by atoms with Crippen molar-refractivity contribution < 1.29 is 9.18 Å². The molecule has 0 aliphatic heterocycles. The molecule has 0 spiro atoms. The molecular weight excluding hydrogens is 253 g/mol. The van der Waals surface area contributed by atoms with Crippen LogP contribution in [0.2, 0.25) is 5.02 Å². The van der Waals surface area contributed by atoms with E-state index >= 15 is 0 Å². The Balaban J connectivity index is 2.27. The van der Waals surface area contributed by atoms with Gasteiger partial charge in [-0.2, -0.15) is 0 Å². The first kappa shape index (κ1) is 12.6.